The summed E-state index contributed by atoms with van der Waals surface area (Å²) >= 11 is 0. The van der Waals surface area contributed by atoms with Gasteiger partial charge in [0.25, 0.3) is 0 Å². The zero-order chi connectivity index (χ0) is 9.26. The zero-order valence-electron chi connectivity index (χ0n) is 7.19. The summed E-state index contributed by atoms with van der Waals surface area (Å²) in [5.41, 5.74) is 6.13. The average molecular weight is 175 g/mol. The van der Waals surface area contributed by atoms with E-state index in [2.05, 4.69) is 9.97 Å². The molecule has 0 atom stereocenters. The molecular formula is C9H9N3O. The van der Waals surface area contributed by atoms with Gasteiger partial charge in [0.05, 0.1) is 7.11 Å². The summed E-state index contributed by atoms with van der Waals surface area (Å²) in [6, 6.07) is 7.31. The van der Waals surface area contributed by atoms with Crippen LogP contribution < -0.4 is 10.5 Å². The highest BCUT2D eigenvalue weighted by molar-refractivity contribution is 5.76. The van der Waals surface area contributed by atoms with Crippen molar-refractivity contribution in [2.75, 3.05) is 12.8 Å². The first kappa shape index (κ1) is 7.79. The molecule has 0 saturated carbocycles. The second-order valence-electron chi connectivity index (χ2n) is 2.64. The van der Waals surface area contributed by atoms with Gasteiger partial charge in [-0.15, -0.1) is 0 Å². The molecule has 2 heterocycles. The number of ether oxygens (including phenoxy) is 1. The van der Waals surface area contributed by atoms with Crippen LogP contribution >= 0.6 is 0 Å². The third-order valence-corrected chi connectivity index (χ3v) is 1.76. The molecule has 0 aliphatic heterocycles. The lowest BCUT2D eigenvalue weighted by atomic mass is 10.3. The Morgan fingerprint density at radius 3 is 2.69 bits per heavy atom. The monoisotopic (exact) mass is 175 g/mol. The van der Waals surface area contributed by atoms with Crippen molar-refractivity contribution in [3.05, 3.63) is 24.3 Å². The number of fused-ring (bicyclic) bond motifs is 1. The fourth-order valence-electron chi connectivity index (χ4n) is 1.11. The molecule has 2 N–H and O–H groups in total. The summed E-state index contributed by atoms with van der Waals surface area (Å²) in [6.07, 6.45) is 0. The first-order valence-corrected chi connectivity index (χ1v) is 3.87. The van der Waals surface area contributed by atoms with Crippen molar-refractivity contribution in [1.29, 1.82) is 0 Å². The fourth-order valence-corrected chi connectivity index (χ4v) is 1.11. The van der Waals surface area contributed by atoms with E-state index in [1.165, 1.54) is 0 Å². The smallest absolute Gasteiger partial charge is 0.215 e. The number of rotatable bonds is 1. The van der Waals surface area contributed by atoms with Gasteiger partial charge in [-0.1, -0.05) is 0 Å². The van der Waals surface area contributed by atoms with E-state index in [0.717, 1.165) is 5.39 Å². The number of hydrogen-bond acceptors (Lipinski definition) is 4. The summed E-state index contributed by atoms with van der Waals surface area (Å²) in [5, 5.41) is 0.954. The highest BCUT2D eigenvalue weighted by Crippen LogP contribution is 2.15. The second kappa shape index (κ2) is 2.90. The van der Waals surface area contributed by atoms with Crippen LogP contribution in [0.2, 0.25) is 0 Å². The third kappa shape index (κ3) is 1.38. The van der Waals surface area contributed by atoms with E-state index >= 15 is 0 Å². The first-order valence-electron chi connectivity index (χ1n) is 3.87. The molecule has 0 aliphatic rings. The first-order chi connectivity index (χ1) is 6.29. The largest absolute Gasteiger partial charge is 0.481 e. The number of nitrogens with two attached hydrogens (primary N) is 1. The molecule has 2 rings (SSSR count). The van der Waals surface area contributed by atoms with Gasteiger partial charge in [-0.3, -0.25) is 0 Å². The molecule has 66 valence electrons. The van der Waals surface area contributed by atoms with Gasteiger partial charge in [0, 0.05) is 11.5 Å². The number of methoxy groups -OCH3 is 1. The summed E-state index contributed by atoms with van der Waals surface area (Å²) < 4.78 is 4.97. The van der Waals surface area contributed by atoms with Crippen LogP contribution in [0, 0.1) is 0 Å². The van der Waals surface area contributed by atoms with Crippen LogP contribution in [0.25, 0.3) is 11.0 Å². The van der Waals surface area contributed by atoms with E-state index in [0.29, 0.717) is 17.3 Å². The Morgan fingerprint density at radius 1 is 1.15 bits per heavy atom. The van der Waals surface area contributed by atoms with Gasteiger partial charge in [0.15, 0.2) is 5.65 Å². The van der Waals surface area contributed by atoms with Gasteiger partial charge in [-0.2, -0.15) is 4.98 Å². The highest BCUT2D eigenvalue weighted by Gasteiger charge is 1.98. The summed E-state index contributed by atoms with van der Waals surface area (Å²) in [4.78, 5) is 8.21. The highest BCUT2D eigenvalue weighted by atomic mass is 16.5. The average Bonchev–Trinajstić information content (AvgIpc) is 2.16. The van der Waals surface area contributed by atoms with Gasteiger partial charge in [0.1, 0.15) is 5.82 Å². The van der Waals surface area contributed by atoms with E-state index in [1.54, 1.807) is 19.2 Å². The van der Waals surface area contributed by atoms with E-state index < -0.39 is 0 Å². The SMILES string of the molecule is COc1ccc2ccc(N)nc2n1. The van der Waals surface area contributed by atoms with Crippen molar-refractivity contribution in [2.45, 2.75) is 0 Å². The molecule has 0 amide bonds. The lowest BCUT2D eigenvalue weighted by molar-refractivity contribution is 0.399. The third-order valence-electron chi connectivity index (χ3n) is 1.76. The summed E-state index contributed by atoms with van der Waals surface area (Å²) in [5.74, 6) is 1.01. The lowest BCUT2D eigenvalue weighted by Crippen LogP contribution is -1.93. The number of anilines is 1. The van der Waals surface area contributed by atoms with Crippen LogP contribution in [0.1, 0.15) is 0 Å². The van der Waals surface area contributed by atoms with Crippen LogP contribution in [0.5, 0.6) is 5.88 Å². The molecule has 2 aromatic rings. The van der Waals surface area contributed by atoms with Crippen molar-refractivity contribution in [2.24, 2.45) is 0 Å². The number of pyridine rings is 2. The normalized spacial score (nSPS) is 10.2. The van der Waals surface area contributed by atoms with Crippen LogP contribution in [-0.4, -0.2) is 17.1 Å². The predicted molar refractivity (Wildman–Crippen MR) is 50.5 cm³/mol. The van der Waals surface area contributed by atoms with Crippen LogP contribution in [-0.2, 0) is 0 Å². The summed E-state index contributed by atoms with van der Waals surface area (Å²) in [7, 11) is 1.57. The Balaban J connectivity index is 2.68. The van der Waals surface area contributed by atoms with Crippen LogP contribution in [0.4, 0.5) is 5.82 Å². The lowest BCUT2D eigenvalue weighted by Gasteiger charge is -2.00. The minimum atomic E-state index is 0.466. The van der Waals surface area contributed by atoms with Gasteiger partial charge < -0.3 is 10.5 Å². The van der Waals surface area contributed by atoms with Gasteiger partial charge in [0.2, 0.25) is 5.88 Å². The van der Waals surface area contributed by atoms with E-state index in [4.69, 9.17) is 10.5 Å². The second-order valence-corrected chi connectivity index (χ2v) is 2.64. The number of nitrogen functional groups attached to an aromatic ring is 1. The predicted octanol–water partition coefficient (Wildman–Crippen LogP) is 1.22. The maximum atomic E-state index is 5.52. The Morgan fingerprint density at radius 2 is 1.92 bits per heavy atom. The summed E-state index contributed by atoms with van der Waals surface area (Å²) in [6.45, 7) is 0. The molecule has 0 spiro atoms. The van der Waals surface area contributed by atoms with Crippen molar-refractivity contribution < 1.29 is 4.74 Å². The van der Waals surface area contributed by atoms with E-state index in [9.17, 15) is 0 Å². The van der Waals surface area contributed by atoms with Crippen molar-refractivity contribution in [3.8, 4) is 5.88 Å². The van der Waals surface area contributed by atoms with Crippen molar-refractivity contribution in [3.63, 3.8) is 0 Å². The maximum Gasteiger partial charge on any atom is 0.215 e. The fraction of sp³-hybridized carbons (Fsp3) is 0.111. The van der Waals surface area contributed by atoms with Gasteiger partial charge in [-0.25, -0.2) is 4.98 Å². The molecule has 0 saturated heterocycles. The Bertz CT molecular complexity index is 442. The molecule has 4 nitrogen and oxygen atoms in total. The van der Waals surface area contributed by atoms with Gasteiger partial charge in [-0.05, 0) is 18.2 Å². The molecule has 0 unspecified atom stereocenters. The van der Waals surface area contributed by atoms with Crippen LogP contribution in [0.3, 0.4) is 0 Å². The van der Waals surface area contributed by atoms with Crippen molar-refractivity contribution in [1.82, 2.24) is 9.97 Å². The van der Waals surface area contributed by atoms with Gasteiger partial charge >= 0.3 is 0 Å². The molecule has 0 bridgehead atoms. The quantitative estimate of drug-likeness (QED) is 0.707. The topological polar surface area (TPSA) is 61.0 Å². The minimum Gasteiger partial charge on any atom is -0.481 e. The molecule has 0 fully saturated rings. The molecule has 2 aromatic heterocycles. The Kier molecular flexibility index (Phi) is 1.73. The maximum absolute atomic E-state index is 5.52. The van der Waals surface area contributed by atoms with Crippen LogP contribution in [0.15, 0.2) is 24.3 Å². The number of aromatic nitrogens is 2. The standard InChI is InChI=1S/C9H9N3O/c1-13-8-5-3-6-2-4-7(10)11-9(6)12-8/h2-5H,1H3,(H2,10,11,12). The minimum absolute atomic E-state index is 0.466. The molecule has 4 heteroatoms. The molecule has 0 aromatic carbocycles. The molecule has 0 radical (unpaired) electrons. The van der Waals surface area contributed by atoms with E-state index in [-0.39, 0.29) is 0 Å². The molecule has 0 aliphatic carbocycles. The Labute approximate surface area is 75.4 Å². The molecule has 13 heavy (non-hydrogen) atoms. The number of hydrogen-bond donors (Lipinski definition) is 1. The number of nitrogens with zero attached hydrogens (tertiary/aromatic N) is 2. The Hall–Kier alpha value is -1.84. The van der Waals surface area contributed by atoms with Crippen molar-refractivity contribution >= 4 is 16.9 Å². The van der Waals surface area contributed by atoms with E-state index in [1.807, 2.05) is 12.1 Å². The zero-order valence-corrected chi connectivity index (χ0v) is 7.19. The molecular weight excluding hydrogens is 166 g/mol.